The van der Waals surface area contributed by atoms with Crippen molar-refractivity contribution in [3.63, 3.8) is 0 Å². The number of nitrogens with one attached hydrogen (secondary N) is 1. The molecule has 0 aliphatic heterocycles. The van der Waals surface area contributed by atoms with E-state index in [1.807, 2.05) is 71.0 Å². The van der Waals surface area contributed by atoms with Crippen molar-refractivity contribution < 1.29 is 18.0 Å². The number of hydrogen-bond acceptors (Lipinski definition) is 4. The number of nitrogens with zero attached hydrogens (tertiary/aromatic N) is 2. The number of hydrogen-bond donors (Lipinski definition) is 1. The summed E-state index contributed by atoms with van der Waals surface area (Å²) in [5.74, 6) is -0.382. The molecule has 192 valence electrons. The van der Waals surface area contributed by atoms with E-state index in [0.717, 1.165) is 27.3 Å². The van der Waals surface area contributed by atoms with Crippen LogP contribution in [0.15, 0.2) is 48.5 Å². The van der Waals surface area contributed by atoms with Crippen molar-refractivity contribution in [1.82, 2.24) is 10.2 Å². The van der Waals surface area contributed by atoms with Crippen LogP contribution in [0.3, 0.4) is 0 Å². The molecule has 0 saturated heterocycles. The van der Waals surface area contributed by atoms with Crippen LogP contribution < -0.4 is 9.62 Å². The van der Waals surface area contributed by atoms with Crippen molar-refractivity contribution >= 4 is 27.5 Å². The average molecular weight is 502 g/mol. The van der Waals surface area contributed by atoms with Gasteiger partial charge in [0.2, 0.25) is 21.8 Å². The van der Waals surface area contributed by atoms with Crippen LogP contribution in [-0.2, 0) is 26.2 Å². The Bertz CT molecular complexity index is 1130. The van der Waals surface area contributed by atoms with Gasteiger partial charge in [-0.3, -0.25) is 13.9 Å². The summed E-state index contributed by atoms with van der Waals surface area (Å²) in [4.78, 5) is 28.1. The standard InChI is InChI=1S/C27H39N3O4S/c1-19(2)16-28-27(32)22(6)29(17-23-13-9-8-12-21(23)5)26(31)18-30(35(7,33)34)25-15-11-10-14-24(25)20(3)4/h8-15,19-20,22H,16-18H2,1-7H3,(H,28,32). The molecule has 2 aromatic carbocycles. The van der Waals surface area contributed by atoms with Gasteiger partial charge in [-0.2, -0.15) is 0 Å². The van der Waals surface area contributed by atoms with Crippen molar-refractivity contribution in [3.05, 3.63) is 65.2 Å². The third-order valence-electron chi connectivity index (χ3n) is 5.96. The summed E-state index contributed by atoms with van der Waals surface area (Å²) in [7, 11) is -3.77. The fourth-order valence-corrected chi connectivity index (χ4v) is 4.67. The van der Waals surface area contributed by atoms with Crippen LogP contribution in [0.1, 0.15) is 57.2 Å². The molecular formula is C27H39N3O4S. The van der Waals surface area contributed by atoms with Gasteiger partial charge in [0.15, 0.2) is 0 Å². The van der Waals surface area contributed by atoms with Gasteiger partial charge < -0.3 is 10.2 Å². The Labute approximate surface area is 210 Å². The fraction of sp³-hybridized carbons (Fsp3) is 0.481. The number of rotatable bonds is 11. The maximum Gasteiger partial charge on any atom is 0.244 e. The first-order valence-electron chi connectivity index (χ1n) is 12.0. The van der Waals surface area contributed by atoms with E-state index < -0.39 is 28.5 Å². The van der Waals surface area contributed by atoms with E-state index in [-0.39, 0.29) is 24.3 Å². The summed E-state index contributed by atoms with van der Waals surface area (Å²) >= 11 is 0. The number of para-hydroxylation sites is 1. The molecule has 0 aliphatic rings. The summed E-state index contributed by atoms with van der Waals surface area (Å²) in [5.41, 5.74) is 3.20. The third kappa shape index (κ3) is 7.82. The predicted octanol–water partition coefficient (Wildman–Crippen LogP) is 4.07. The average Bonchev–Trinajstić information content (AvgIpc) is 2.79. The van der Waals surface area contributed by atoms with Gasteiger partial charge in [-0.1, -0.05) is 70.2 Å². The minimum Gasteiger partial charge on any atom is -0.354 e. The molecule has 7 nitrogen and oxygen atoms in total. The second kappa shape index (κ2) is 12.2. The van der Waals surface area contributed by atoms with Crippen LogP contribution in [0, 0.1) is 12.8 Å². The van der Waals surface area contributed by atoms with Crippen molar-refractivity contribution in [3.8, 4) is 0 Å². The first-order chi connectivity index (χ1) is 16.3. The second-order valence-electron chi connectivity index (χ2n) is 9.75. The Morgan fingerprint density at radius 3 is 2.11 bits per heavy atom. The molecule has 0 saturated carbocycles. The lowest BCUT2D eigenvalue weighted by atomic mass is 10.0. The zero-order chi connectivity index (χ0) is 26.3. The van der Waals surface area contributed by atoms with Crippen molar-refractivity contribution in [2.24, 2.45) is 5.92 Å². The van der Waals surface area contributed by atoms with Gasteiger partial charge in [-0.25, -0.2) is 8.42 Å². The van der Waals surface area contributed by atoms with Crippen LogP contribution in [-0.4, -0.2) is 50.5 Å². The van der Waals surface area contributed by atoms with Gasteiger partial charge in [0.1, 0.15) is 12.6 Å². The minimum absolute atomic E-state index is 0.0642. The van der Waals surface area contributed by atoms with Crippen LogP contribution in [0.5, 0.6) is 0 Å². The van der Waals surface area contributed by atoms with E-state index >= 15 is 0 Å². The van der Waals surface area contributed by atoms with E-state index in [0.29, 0.717) is 12.2 Å². The lowest BCUT2D eigenvalue weighted by molar-refractivity contribution is -0.139. The molecule has 0 aliphatic carbocycles. The quantitative estimate of drug-likeness (QED) is 0.503. The number of sulfonamides is 1. The third-order valence-corrected chi connectivity index (χ3v) is 7.09. The van der Waals surface area contributed by atoms with E-state index in [2.05, 4.69) is 5.32 Å². The second-order valence-corrected chi connectivity index (χ2v) is 11.7. The topological polar surface area (TPSA) is 86.8 Å². The van der Waals surface area contributed by atoms with Crippen LogP contribution in [0.4, 0.5) is 5.69 Å². The van der Waals surface area contributed by atoms with Crippen molar-refractivity contribution in [2.45, 2.75) is 60.0 Å². The number of anilines is 1. The summed E-state index contributed by atoms with van der Waals surface area (Å²) in [5, 5.41) is 2.89. The van der Waals surface area contributed by atoms with Crippen LogP contribution in [0.25, 0.3) is 0 Å². The highest BCUT2D eigenvalue weighted by Crippen LogP contribution is 2.29. The number of amides is 2. The van der Waals surface area contributed by atoms with E-state index in [1.54, 1.807) is 19.1 Å². The highest BCUT2D eigenvalue weighted by molar-refractivity contribution is 7.92. The number of aryl methyl sites for hydroxylation is 1. The molecule has 1 unspecified atom stereocenters. The molecule has 0 spiro atoms. The smallest absolute Gasteiger partial charge is 0.244 e. The summed E-state index contributed by atoms with van der Waals surface area (Å²) in [6, 6.07) is 14.1. The van der Waals surface area contributed by atoms with Gasteiger partial charge in [-0.15, -0.1) is 0 Å². The van der Waals surface area contributed by atoms with Crippen LogP contribution in [0.2, 0.25) is 0 Å². The molecule has 0 bridgehead atoms. The molecule has 2 rings (SSSR count). The molecule has 35 heavy (non-hydrogen) atoms. The molecule has 0 heterocycles. The van der Waals surface area contributed by atoms with E-state index in [4.69, 9.17) is 0 Å². The molecule has 2 aromatic rings. The molecular weight excluding hydrogens is 462 g/mol. The van der Waals surface area contributed by atoms with Gasteiger partial charge >= 0.3 is 0 Å². The Morgan fingerprint density at radius 1 is 0.943 bits per heavy atom. The molecule has 1 N–H and O–H groups in total. The Morgan fingerprint density at radius 2 is 1.54 bits per heavy atom. The first kappa shape index (κ1) is 28.4. The summed E-state index contributed by atoms with van der Waals surface area (Å²) in [6.07, 6.45) is 1.10. The SMILES string of the molecule is Cc1ccccc1CN(C(=O)CN(c1ccccc1C(C)C)S(C)(=O)=O)C(C)C(=O)NCC(C)C. The Kier molecular flexibility index (Phi) is 9.89. The summed E-state index contributed by atoms with van der Waals surface area (Å²) in [6.45, 7) is 11.9. The zero-order valence-electron chi connectivity index (χ0n) is 21.9. The molecule has 8 heteroatoms. The maximum atomic E-state index is 13.7. The molecule has 2 amide bonds. The van der Waals surface area contributed by atoms with Crippen LogP contribution >= 0.6 is 0 Å². The predicted molar refractivity (Wildman–Crippen MR) is 142 cm³/mol. The van der Waals surface area contributed by atoms with E-state index in [1.165, 1.54) is 4.90 Å². The monoisotopic (exact) mass is 501 g/mol. The maximum absolute atomic E-state index is 13.7. The fourth-order valence-electron chi connectivity index (χ4n) is 3.80. The van der Waals surface area contributed by atoms with Crippen molar-refractivity contribution in [2.75, 3.05) is 23.7 Å². The normalized spacial score (nSPS) is 12.5. The van der Waals surface area contributed by atoms with Gasteiger partial charge in [0, 0.05) is 13.1 Å². The van der Waals surface area contributed by atoms with E-state index in [9.17, 15) is 18.0 Å². The largest absolute Gasteiger partial charge is 0.354 e. The Balaban J connectivity index is 2.45. The highest BCUT2D eigenvalue weighted by atomic mass is 32.2. The zero-order valence-corrected chi connectivity index (χ0v) is 22.7. The number of carbonyl (C=O) groups excluding carboxylic acids is 2. The first-order valence-corrected chi connectivity index (χ1v) is 13.9. The van der Waals surface area contributed by atoms with Gasteiger partial charge in [0.25, 0.3) is 0 Å². The summed E-state index contributed by atoms with van der Waals surface area (Å²) < 4.78 is 26.8. The minimum atomic E-state index is -3.77. The molecule has 1 atom stereocenters. The number of benzene rings is 2. The highest BCUT2D eigenvalue weighted by Gasteiger charge is 2.31. The van der Waals surface area contributed by atoms with Crippen molar-refractivity contribution in [1.29, 1.82) is 0 Å². The molecule has 0 fully saturated rings. The lowest BCUT2D eigenvalue weighted by Gasteiger charge is -2.32. The lowest BCUT2D eigenvalue weighted by Crippen LogP contribution is -2.51. The Hall–Kier alpha value is -2.87. The molecule has 0 radical (unpaired) electrons. The van der Waals surface area contributed by atoms with Gasteiger partial charge in [-0.05, 0) is 48.4 Å². The van der Waals surface area contributed by atoms with Gasteiger partial charge in [0.05, 0.1) is 11.9 Å². The number of carbonyl (C=O) groups is 2. The molecule has 0 aromatic heterocycles.